The second kappa shape index (κ2) is 26.4. The molecule has 3 aromatic heterocycles. The van der Waals surface area contributed by atoms with Crippen LogP contribution in [0.15, 0.2) is 137 Å². The number of hydrogen-bond donors (Lipinski definition) is 1. The lowest BCUT2D eigenvalue weighted by molar-refractivity contribution is -0.0109. The van der Waals surface area contributed by atoms with Gasteiger partial charge < -0.3 is 38.3 Å². The standard InChI is InChI=1S/C26H25BrN2O4.C21H23NO4.C6H4BrF/c1-18(31-17-19-4-9-22(30-2)10-5-19)3-7-21-8-11-23(16-28-21)32-24-13-25(14-24)33-26-12-6-20(27)15-29-26;1-15(25-14-16-4-8-19(24-2)9-5-16)3-6-17-7-10-20(13-22-17)26-21-11-18(23)12-21;7-5-1-3-6(8)4-2-5/h4-6,8-12,15-16,18,24-25H,13-14,17H2,1-2H3;4-5,7-10,13,15,18,21,23H,11-12,14H2,1-2H3;1-4H. The van der Waals surface area contributed by atoms with Crippen LogP contribution < -0.4 is 23.7 Å². The van der Waals surface area contributed by atoms with Crippen LogP contribution in [0.5, 0.6) is 28.9 Å². The lowest BCUT2D eigenvalue weighted by Crippen LogP contribution is -2.41. The SMILES string of the molecule is COc1ccc(COC(C)C#Cc2ccc(OC3CC(O)C3)cn2)cc1.COc1ccc(COC(C)C#Cc2ccc(OC3CC(Oc4ccc(Br)cn4)C3)cn2)cc1.Fc1ccc(Br)cc1. The molecule has 8 rings (SSSR count). The van der Waals surface area contributed by atoms with Gasteiger partial charge in [0, 0.05) is 46.9 Å². The molecule has 2 atom stereocenters. The number of ether oxygens (including phenoxy) is 7. The van der Waals surface area contributed by atoms with E-state index in [9.17, 15) is 9.50 Å². The van der Waals surface area contributed by atoms with Gasteiger partial charge in [-0.25, -0.2) is 19.3 Å². The van der Waals surface area contributed by atoms with E-state index in [2.05, 4.69) is 70.5 Å². The highest BCUT2D eigenvalue weighted by molar-refractivity contribution is 9.10. The van der Waals surface area contributed by atoms with Crippen molar-refractivity contribution in [1.29, 1.82) is 0 Å². The Balaban J connectivity index is 0.000000193. The maximum Gasteiger partial charge on any atom is 0.213 e. The summed E-state index contributed by atoms with van der Waals surface area (Å²) in [5.41, 5.74) is 3.49. The Morgan fingerprint density at radius 3 is 1.40 bits per heavy atom. The third kappa shape index (κ3) is 18.0. The van der Waals surface area contributed by atoms with Crippen LogP contribution in [-0.4, -0.2) is 70.9 Å². The molecule has 0 radical (unpaired) electrons. The summed E-state index contributed by atoms with van der Waals surface area (Å²) < 4.78 is 53.2. The second-order valence-electron chi connectivity index (χ2n) is 15.5. The zero-order valence-electron chi connectivity index (χ0n) is 37.6. The molecule has 0 bridgehead atoms. The number of rotatable bonds is 14. The summed E-state index contributed by atoms with van der Waals surface area (Å²) in [4.78, 5) is 12.9. The Morgan fingerprint density at radius 2 is 1.00 bits per heavy atom. The van der Waals surface area contributed by atoms with E-state index in [0.29, 0.717) is 49.1 Å². The molecule has 0 spiro atoms. The Kier molecular flexibility index (Phi) is 19.8. The van der Waals surface area contributed by atoms with Crippen LogP contribution in [0.3, 0.4) is 0 Å². The van der Waals surface area contributed by atoms with E-state index >= 15 is 0 Å². The van der Waals surface area contributed by atoms with Gasteiger partial charge in [-0.05, 0) is 132 Å². The predicted octanol–water partition coefficient (Wildman–Crippen LogP) is 10.7. The summed E-state index contributed by atoms with van der Waals surface area (Å²) in [5.74, 6) is 15.7. The summed E-state index contributed by atoms with van der Waals surface area (Å²) in [6.45, 7) is 4.82. The van der Waals surface area contributed by atoms with Crippen molar-refractivity contribution in [2.45, 2.75) is 89.4 Å². The minimum atomic E-state index is -0.225. The fourth-order valence-corrected chi connectivity index (χ4v) is 6.63. The summed E-state index contributed by atoms with van der Waals surface area (Å²) in [6.07, 6.45) is 7.81. The molecule has 2 aliphatic carbocycles. The van der Waals surface area contributed by atoms with Crippen LogP contribution >= 0.6 is 31.9 Å². The molecular formula is C53H52Br2FN3O8. The van der Waals surface area contributed by atoms with Crippen LogP contribution in [0.25, 0.3) is 0 Å². The van der Waals surface area contributed by atoms with E-state index in [1.807, 2.05) is 98.8 Å². The molecule has 2 fully saturated rings. The van der Waals surface area contributed by atoms with Gasteiger partial charge in [0.25, 0.3) is 0 Å². The number of nitrogens with zero attached hydrogens (tertiary/aromatic N) is 3. The van der Waals surface area contributed by atoms with Gasteiger partial charge in [-0.1, -0.05) is 52.0 Å². The fourth-order valence-electron chi connectivity index (χ4n) is 6.13. The Labute approximate surface area is 408 Å². The normalized spacial score (nSPS) is 17.5. The first-order valence-electron chi connectivity index (χ1n) is 21.6. The molecule has 0 saturated heterocycles. The highest BCUT2D eigenvalue weighted by Gasteiger charge is 2.33. The minimum Gasteiger partial charge on any atom is -0.497 e. The molecule has 6 aromatic rings. The molecule has 0 aliphatic heterocycles. The lowest BCUT2D eigenvalue weighted by atomic mass is 9.92. The summed E-state index contributed by atoms with van der Waals surface area (Å²) in [7, 11) is 3.30. The molecule has 2 aliphatic rings. The molecule has 1 N–H and O–H groups in total. The third-order valence-electron chi connectivity index (χ3n) is 10.1. The van der Waals surface area contributed by atoms with Gasteiger partial charge in [0.2, 0.25) is 5.88 Å². The highest BCUT2D eigenvalue weighted by Crippen LogP contribution is 2.29. The molecule has 348 valence electrons. The fraction of sp³-hybridized carbons (Fsp3) is 0.302. The number of pyridine rings is 3. The average Bonchev–Trinajstić information content (AvgIpc) is 3.33. The molecule has 14 heteroatoms. The third-order valence-corrected chi connectivity index (χ3v) is 11.1. The van der Waals surface area contributed by atoms with Gasteiger partial charge in [-0.15, -0.1) is 0 Å². The van der Waals surface area contributed by atoms with Crippen LogP contribution in [0.1, 0.15) is 62.0 Å². The first kappa shape index (κ1) is 50.4. The van der Waals surface area contributed by atoms with Crippen molar-refractivity contribution in [3.63, 3.8) is 0 Å². The Hall–Kier alpha value is -6.00. The van der Waals surface area contributed by atoms with Crippen molar-refractivity contribution in [1.82, 2.24) is 15.0 Å². The van der Waals surface area contributed by atoms with Crippen molar-refractivity contribution < 1.29 is 42.7 Å². The van der Waals surface area contributed by atoms with Crippen LogP contribution in [0.4, 0.5) is 4.39 Å². The number of hydrogen-bond acceptors (Lipinski definition) is 11. The van der Waals surface area contributed by atoms with Crippen LogP contribution in [0.2, 0.25) is 0 Å². The molecule has 3 heterocycles. The maximum atomic E-state index is 12.1. The van der Waals surface area contributed by atoms with Gasteiger partial charge >= 0.3 is 0 Å². The van der Waals surface area contributed by atoms with Crippen molar-refractivity contribution in [3.8, 4) is 52.6 Å². The topological polar surface area (TPSA) is 124 Å². The zero-order valence-corrected chi connectivity index (χ0v) is 40.8. The van der Waals surface area contributed by atoms with E-state index in [4.69, 9.17) is 33.2 Å². The van der Waals surface area contributed by atoms with Gasteiger partial charge in [0.05, 0.1) is 45.9 Å². The highest BCUT2D eigenvalue weighted by atomic mass is 79.9. The van der Waals surface area contributed by atoms with Crippen LogP contribution in [0, 0.1) is 29.5 Å². The van der Waals surface area contributed by atoms with Gasteiger partial charge in [-0.2, -0.15) is 0 Å². The van der Waals surface area contributed by atoms with Gasteiger partial charge in [0.1, 0.15) is 70.7 Å². The number of halogens is 3. The van der Waals surface area contributed by atoms with E-state index < -0.39 is 0 Å². The predicted molar refractivity (Wildman–Crippen MR) is 260 cm³/mol. The largest absolute Gasteiger partial charge is 0.497 e. The van der Waals surface area contributed by atoms with Crippen molar-refractivity contribution in [2.24, 2.45) is 0 Å². The summed E-state index contributed by atoms with van der Waals surface area (Å²) >= 11 is 6.55. The van der Waals surface area contributed by atoms with Crippen molar-refractivity contribution in [2.75, 3.05) is 14.2 Å². The minimum absolute atomic E-state index is 0.0927. The van der Waals surface area contributed by atoms with E-state index in [0.717, 1.165) is 50.2 Å². The molecule has 0 amide bonds. The van der Waals surface area contributed by atoms with E-state index in [1.165, 1.54) is 12.1 Å². The smallest absolute Gasteiger partial charge is 0.213 e. The number of aliphatic hydroxyl groups is 1. The van der Waals surface area contributed by atoms with Gasteiger partial charge in [0.15, 0.2) is 0 Å². The van der Waals surface area contributed by atoms with Gasteiger partial charge in [-0.3, -0.25) is 0 Å². The quantitative estimate of drug-likeness (QED) is 0.105. The van der Waals surface area contributed by atoms with Crippen molar-refractivity contribution >= 4 is 31.9 Å². The first-order chi connectivity index (χ1) is 32.5. The maximum absolute atomic E-state index is 12.1. The Morgan fingerprint density at radius 1 is 0.552 bits per heavy atom. The second-order valence-corrected chi connectivity index (χ2v) is 17.3. The monoisotopic (exact) mass is 1040 g/mol. The molecule has 2 saturated carbocycles. The summed E-state index contributed by atoms with van der Waals surface area (Å²) in [5, 5.41) is 9.27. The van der Waals surface area contributed by atoms with Crippen molar-refractivity contribution in [3.05, 3.63) is 165 Å². The number of benzene rings is 3. The first-order valence-corrected chi connectivity index (χ1v) is 23.2. The number of aromatic nitrogens is 3. The van der Waals surface area contributed by atoms with Crippen LogP contribution in [-0.2, 0) is 22.7 Å². The molecular weight excluding hydrogens is 985 g/mol. The molecule has 2 unspecified atom stereocenters. The van der Waals surface area contributed by atoms with E-state index in [1.54, 1.807) is 44.9 Å². The lowest BCUT2D eigenvalue weighted by Gasteiger charge is -2.34. The Bertz CT molecular complexity index is 2500. The molecule has 3 aromatic carbocycles. The summed E-state index contributed by atoms with van der Waals surface area (Å²) in [6, 6.07) is 32.9. The number of methoxy groups -OCH3 is 2. The average molecular weight is 1040 g/mol. The molecule has 67 heavy (non-hydrogen) atoms. The molecule has 11 nitrogen and oxygen atoms in total. The van der Waals surface area contributed by atoms with E-state index in [-0.39, 0.29) is 42.4 Å². The zero-order chi connectivity index (χ0) is 47.4. The number of aliphatic hydroxyl groups excluding tert-OH is 1.